The molecule has 0 aromatic carbocycles. The van der Waals surface area contributed by atoms with Crippen LogP contribution < -0.4 is 0 Å². The summed E-state index contributed by atoms with van der Waals surface area (Å²) in [6.45, 7) is 13.1. The highest BCUT2D eigenvalue weighted by molar-refractivity contribution is 5.04. The SMILES string of the molecule is C=C1CCCCC1OCCN(CCCC)CCCC. The zero-order chi connectivity index (χ0) is 13.9. The number of nitrogens with zero attached hydrogens (tertiary/aromatic N) is 1. The molecule has 0 N–H and O–H groups in total. The Morgan fingerprint density at radius 2 is 1.79 bits per heavy atom. The van der Waals surface area contributed by atoms with Gasteiger partial charge in [-0.1, -0.05) is 39.7 Å². The molecule has 1 fully saturated rings. The number of rotatable bonds is 10. The molecular formula is C17H33NO. The van der Waals surface area contributed by atoms with Crippen molar-refractivity contribution in [1.82, 2.24) is 4.90 Å². The lowest BCUT2D eigenvalue weighted by Crippen LogP contribution is -2.31. The summed E-state index contributed by atoms with van der Waals surface area (Å²) in [5, 5.41) is 0. The topological polar surface area (TPSA) is 12.5 Å². The van der Waals surface area contributed by atoms with Gasteiger partial charge in [-0.05, 0) is 50.8 Å². The summed E-state index contributed by atoms with van der Waals surface area (Å²) in [6, 6.07) is 0. The van der Waals surface area contributed by atoms with E-state index in [1.54, 1.807) is 0 Å². The molecule has 2 nitrogen and oxygen atoms in total. The average Bonchev–Trinajstić information content (AvgIpc) is 2.43. The van der Waals surface area contributed by atoms with E-state index in [0.29, 0.717) is 6.10 Å². The van der Waals surface area contributed by atoms with Crippen LogP contribution in [0.3, 0.4) is 0 Å². The molecule has 0 heterocycles. The lowest BCUT2D eigenvalue weighted by molar-refractivity contribution is 0.0440. The molecule has 0 aliphatic heterocycles. The number of unbranched alkanes of at least 4 members (excludes halogenated alkanes) is 2. The lowest BCUT2D eigenvalue weighted by Gasteiger charge is -2.27. The normalized spacial score (nSPS) is 20.2. The van der Waals surface area contributed by atoms with Crippen LogP contribution in [0.5, 0.6) is 0 Å². The van der Waals surface area contributed by atoms with E-state index < -0.39 is 0 Å². The highest BCUT2D eigenvalue weighted by Crippen LogP contribution is 2.24. The molecule has 0 radical (unpaired) electrons. The zero-order valence-corrected chi connectivity index (χ0v) is 13.1. The Bertz CT molecular complexity index is 231. The van der Waals surface area contributed by atoms with Crippen LogP contribution in [0.25, 0.3) is 0 Å². The highest BCUT2D eigenvalue weighted by atomic mass is 16.5. The standard InChI is InChI=1S/C17H33NO/c1-4-6-12-18(13-7-5-2)14-15-19-17-11-9-8-10-16(17)3/h17H,3-15H2,1-2H3. The largest absolute Gasteiger partial charge is 0.373 e. The first-order chi connectivity index (χ1) is 9.27. The van der Waals surface area contributed by atoms with Crippen molar-refractivity contribution in [3.63, 3.8) is 0 Å². The summed E-state index contributed by atoms with van der Waals surface area (Å²) < 4.78 is 6.04. The van der Waals surface area contributed by atoms with Gasteiger partial charge in [0.05, 0.1) is 12.7 Å². The van der Waals surface area contributed by atoms with Gasteiger partial charge in [0, 0.05) is 6.54 Å². The Morgan fingerprint density at radius 3 is 2.37 bits per heavy atom. The number of ether oxygens (including phenoxy) is 1. The quantitative estimate of drug-likeness (QED) is 0.544. The average molecular weight is 267 g/mol. The first-order valence-corrected chi connectivity index (χ1v) is 8.29. The van der Waals surface area contributed by atoms with Crippen molar-refractivity contribution in [3.8, 4) is 0 Å². The van der Waals surface area contributed by atoms with Gasteiger partial charge >= 0.3 is 0 Å². The molecule has 1 aliphatic carbocycles. The van der Waals surface area contributed by atoms with E-state index in [1.165, 1.54) is 70.0 Å². The fourth-order valence-corrected chi connectivity index (χ4v) is 2.67. The third-order valence-electron chi connectivity index (χ3n) is 4.05. The van der Waals surface area contributed by atoms with E-state index in [-0.39, 0.29) is 0 Å². The Kier molecular flexibility index (Phi) is 9.19. The van der Waals surface area contributed by atoms with E-state index in [2.05, 4.69) is 25.3 Å². The minimum atomic E-state index is 0.341. The van der Waals surface area contributed by atoms with E-state index in [4.69, 9.17) is 4.74 Å². The summed E-state index contributed by atoms with van der Waals surface area (Å²) in [7, 11) is 0. The number of hydrogen-bond acceptors (Lipinski definition) is 2. The molecule has 0 saturated heterocycles. The number of hydrogen-bond donors (Lipinski definition) is 0. The van der Waals surface area contributed by atoms with Gasteiger partial charge in [0.2, 0.25) is 0 Å². The van der Waals surface area contributed by atoms with Gasteiger partial charge in [0.1, 0.15) is 0 Å². The maximum atomic E-state index is 6.04. The Morgan fingerprint density at radius 1 is 1.11 bits per heavy atom. The van der Waals surface area contributed by atoms with E-state index >= 15 is 0 Å². The van der Waals surface area contributed by atoms with Crippen molar-refractivity contribution in [2.24, 2.45) is 0 Å². The third kappa shape index (κ3) is 7.12. The predicted molar refractivity (Wildman–Crippen MR) is 83.6 cm³/mol. The molecule has 1 aliphatic rings. The first-order valence-electron chi connectivity index (χ1n) is 8.29. The van der Waals surface area contributed by atoms with Gasteiger partial charge in [-0.2, -0.15) is 0 Å². The molecule has 1 saturated carbocycles. The molecule has 2 heteroatoms. The van der Waals surface area contributed by atoms with Gasteiger partial charge in [0.15, 0.2) is 0 Å². The minimum absolute atomic E-state index is 0.341. The molecule has 112 valence electrons. The van der Waals surface area contributed by atoms with Crippen LogP contribution >= 0.6 is 0 Å². The maximum Gasteiger partial charge on any atom is 0.0783 e. The Labute approximate surface area is 120 Å². The molecule has 19 heavy (non-hydrogen) atoms. The summed E-state index contributed by atoms with van der Waals surface area (Å²) in [4.78, 5) is 2.57. The van der Waals surface area contributed by atoms with Crippen LogP contribution in [0.15, 0.2) is 12.2 Å². The van der Waals surface area contributed by atoms with Gasteiger partial charge < -0.3 is 9.64 Å². The summed E-state index contributed by atoms with van der Waals surface area (Å²) >= 11 is 0. The summed E-state index contributed by atoms with van der Waals surface area (Å²) in [6.07, 6.45) is 10.5. The Hall–Kier alpha value is -0.340. The second kappa shape index (κ2) is 10.4. The first kappa shape index (κ1) is 16.7. The predicted octanol–water partition coefficient (Wildman–Crippen LogP) is 4.40. The van der Waals surface area contributed by atoms with E-state index in [9.17, 15) is 0 Å². The Balaban J connectivity index is 2.19. The molecular weight excluding hydrogens is 234 g/mol. The lowest BCUT2D eigenvalue weighted by atomic mass is 9.93. The molecule has 1 atom stereocenters. The molecule has 0 spiro atoms. The molecule has 1 unspecified atom stereocenters. The smallest absolute Gasteiger partial charge is 0.0783 e. The maximum absolute atomic E-state index is 6.04. The van der Waals surface area contributed by atoms with Crippen molar-refractivity contribution in [2.45, 2.75) is 71.3 Å². The van der Waals surface area contributed by atoms with Crippen LogP contribution in [-0.4, -0.2) is 37.2 Å². The highest BCUT2D eigenvalue weighted by Gasteiger charge is 2.17. The van der Waals surface area contributed by atoms with Crippen LogP contribution in [-0.2, 0) is 4.74 Å². The van der Waals surface area contributed by atoms with Crippen molar-refractivity contribution in [1.29, 1.82) is 0 Å². The van der Waals surface area contributed by atoms with Crippen molar-refractivity contribution >= 4 is 0 Å². The molecule has 0 bridgehead atoms. The van der Waals surface area contributed by atoms with Gasteiger partial charge in [-0.3, -0.25) is 0 Å². The second-order valence-electron chi connectivity index (χ2n) is 5.81. The van der Waals surface area contributed by atoms with Gasteiger partial charge in [0.25, 0.3) is 0 Å². The monoisotopic (exact) mass is 267 g/mol. The second-order valence-corrected chi connectivity index (χ2v) is 5.81. The minimum Gasteiger partial charge on any atom is -0.373 e. The van der Waals surface area contributed by atoms with Gasteiger partial charge in [-0.15, -0.1) is 0 Å². The van der Waals surface area contributed by atoms with Crippen LogP contribution in [0.4, 0.5) is 0 Å². The molecule has 1 rings (SSSR count). The van der Waals surface area contributed by atoms with Crippen LogP contribution in [0.1, 0.15) is 65.2 Å². The fraction of sp³-hybridized carbons (Fsp3) is 0.882. The molecule has 0 aromatic rings. The molecule has 0 aromatic heterocycles. The van der Waals surface area contributed by atoms with Crippen LogP contribution in [0.2, 0.25) is 0 Å². The summed E-state index contributed by atoms with van der Waals surface area (Å²) in [5.74, 6) is 0. The van der Waals surface area contributed by atoms with Crippen molar-refractivity contribution in [3.05, 3.63) is 12.2 Å². The van der Waals surface area contributed by atoms with Crippen molar-refractivity contribution in [2.75, 3.05) is 26.2 Å². The van der Waals surface area contributed by atoms with Crippen molar-refractivity contribution < 1.29 is 4.74 Å². The van der Waals surface area contributed by atoms with Gasteiger partial charge in [-0.25, -0.2) is 0 Å². The van der Waals surface area contributed by atoms with Crippen LogP contribution in [0, 0.1) is 0 Å². The third-order valence-corrected chi connectivity index (χ3v) is 4.05. The molecule has 0 amide bonds. The van der Waals surface area contributed by atoms with E-state index in [0.717, 1.165) is 13.2 Å². The zero-order valence-electron chi connectivity index (χ0n) is 13.1. The van der Waals surface area contributed by atoms with E-state index in [1.807, 2.05) is 0 Å². The fourth-order valence-electron chi connectivity index (χ4n) is 2.67. The summed E-state index contributed by atoms with van der Waals surface area (Å²) in [5.41, 5.74) is 1.32.